The third kappa shape index (κ3) is 4.55. The summed E-state index contributed by atoms with van der Waals surface area (Å²) in [5.74, 6) is 1.56. The zero-order chi connectivity index (χ0) is 14.5. The van der Waals surface area contributed by atoms with E-state index in [2.05, 4.69) is 18.3 Å². The van der Waals surface area contributed by atoms with Crippen molar-refractivity contribution in [1.82, 2.24) is 5.32 Å². The van der Waals surface area contributed by atoms with Crippen LogP contribution in [-0.2, 0) is 4.79 Å². The number of benzene rings is 1. The average Bonchev–Trinajstić information content (AvgIpc) is 2.38. The molecule has 1 saturated carbocycles. The number of nitrogens with one attached hydrogen (secondary N) is 1. The predicted molar refractivity (Wildman–Crippen MR) is 81.0 cm³/mol. The molecule has 20 heavy (non-hydrogen) atoms. The number of rotatable bonds is 4. The summed E-state index contributed by atoms with van der Waals surface area (Å²) in [6, 6.07) is 6.35. The summed E-state index contributed by atoms with van der Waals surface area (Å²) in [7, 11) is 0. The lowest BCUT2D eigenvalue weighted by molar-refractivity contribution is -0.124. The summed E-state index contributed by atoms with van der Waals surface area (Å²) in [6.45, 7) is 6.45. The maximum absolute atomic E-state index is 11.9. The Kier molecular flexibility index (Phi) is 5.05. The number of amides is 1. The maximum Gasteiger partial charge on any atom is 0.258 e. The van der Waals surface area contributed by atoms with Crippen LogP contribution in [0.4, 0.5) is 0 Å². The molecule has 110 valence electrons. The highest BCUT2D eigenvalue weighted by Crippen LogP contribution is 2.23. The molecular weight excluding hydrogens is 250 g/mol. The van der Waals surface area contributed by atoms with E-state index in [4.69, 9.17) is 4.74 Å². The molecule has 1 aliphatic carbocycles. The van der Waals surface area contributed by atoms with Crippen molar-refractivity contribution < 1.29 is 9.53 Å². The van der Waals surface area contributed by atoms with Crippen molar-refractivity contribution in [2.24, 2.45) is 5.92 Å². The van der Waals surface area contributed by atoms with Gasteiger partial charge in [0.05, 0.1) is 0 Å². The molecule has 3 heteroatoms. The minimum Gasteiger partial charge on any atom is -0.484 e. The van der Waals surface area contributed by atoms with Crippen LogP contribution in [-0.4, -0.2) is 18.6 Å². The van der Waals surface area contributed by atoms with Crippen LogP contribution in [0.3, 0.4) is 0 Å². The van der Waals surface area contributed by atoms with Gasteiger partial charge in [-0.25, -0.2) is 0 Å². The van der Waals surface area contributed by atoms with Crippen LogP contribution < -0.4 is 10.1 Å². The number of hydrogen-bond acceptors (Lipinski definition) is 2. The number of carbonyl (C=O) groups is 1. The third-order valence-electron chi connectivity index (χ3n) is 3.95. The van der Waals surface area contributed by atoms with E-state index in [0.717, 1.165) is 35.6 Å². The summed E-state index contributed by atoms with van der Waals surface area (Å²) >= 11 is 0. The molecule has 0 bridgehead atoms. The summed E-state index contributed by atoms with van der Waals surface area (Å²) in [6.07, 6.45) is 4.61. The smallest absolute Gasteiger partial charge is 0.258 e. The molecule has 0 radical (unpaired) electrons. The number of hydrogen-bond donors (Lipinski definition) is 1. The molecule has 0 atom stereocenters. The first-order valence-electron chi connectivity index (χ1n) is 7.53. The average molecular weight is 275 g/mol. The van der Waals surface area contributed by atoms with E-state index in [1.165, 1.54) is 12.8 Å². The second kappa shape index (κ2) is 6.78. The Hall–Kier alpha value is -1.51. The second-order valence-corrected chi connectivity index (χ2v) is 6.14. The van der Waals surface area contributed by atoms with E-state index >= 15 is 0 Å². The molecular formula is C17H25NO2. The molecule has 0 aromatic heterocycles. The van der Waals surface area contributed by atoms with Gasteiger partial charge < -0.3 is 10.1 Å². The molecule has 3 nitrogen and oxygen atoms in total. The number of carbonyl (C=O) groups excluding carboxylic acids is 1. The standard InChI is InChI=1S/C17H25NO2/c1-12-4-6-15(7-5-12)18-17(19)11-20-16-9-13(2)8-14(3)10-16/h8-10,12,15H,4-7,11H2,1-3H3,(H,18,19). The van der Waals surface area contributed by atoms with Crippen LogP contribution in [0, 0.1) is 19.8 Å². The van der Waals surface area contributed by atoms with Gasteiger partial charge in [0.1, 0.15) is 5.75 Å². The van der Waals surface area contributed by atoms with Gasteiger partial charge in [0.15, 0.2) is 6.61 Å². The lowest BCUT2D eigenvalue weighted by Gasteiger charge is -2.26. The fourth-order valence-corrected chi connectivity index (χ4v) is 2.84. The van der Waals surface area contributed by atoms with Gasteiger partial charge in [-0.1, -0.05) is 13.0 Å². The quantitative estimate of drug-likeness (QED) is 0.915. The normalized spacial score (nSPS) is 22.4. The highest BCUT2D eigenvalue weighted by molar-refractivity contribution is 5.77. The Labute approximate surface area is 121 Å². The zero-order valence-electron chi connectivity index (χ0n) is 12.7. The molecule has 1 amide bonds. The second-order valence-electron chi connectivity index (χ2n) is 6.14. The van der Waals surface area contributed by atoms with Crippen LogP contribution in [0.15, 0.2) is 18.2 Å². The van der Waals surface area contributed by atoms with E-state index in [1.807, 2.05) is 26.0 Å². The molecule has 0 saturated heterocycles. The van der Waals surface area contributed by atoms with E-state index in [-0.39, 0.29) is 12.5 Å². The van der Waals surface area contributed by atoms with Gasteiger partial charge in [-0.3, -0.25) is 4.79 Å². The zero-order valence-corrected chi connectivity index (χ0v) is 12.7. The number of aryl methyl sites for hydroxylation is 2. The summed E-state index contributed by atoms with van der Waals surface area (Å²) in [5, 5.41) is 3.07. The Morgan fingerprint density at radius 2 is 1.75 bits per heavy atom. The molecule has 1 aromatic carbocycles. The van der Waals surface area contributed by atoms with Crippen LogP contribution >= 0.6 is 0 Å². The molecule has 0 aliphatic heterocycles. The lowest BCUT2D eigenvalue weighted by Crippen LogP contribution is -2.39. The topological polar surface area (TPSA) is 38.3 Å². The van der Waals surface area contributed by atoms with Crippen molar-refractivity contribution in [3.63, 3.8) is 0 Å². The van der Waals surface area contributed by atoms with Crippen molar-refractivity contribution >= 4 is 5.91 Å². The lowest BCUT2D eigenvalue weighted by atomic mass is 9.87. The molecule has 0 unspecified atom stereocenters. The Bertz CT molecular complexity index is 442. The monoisotopic (exact) mass is 275 g/mol. The van der Waals surface area contributed by atoms with Crippen LogP contribution in [0.1, 0.15) is 43.7 Å². The van der Waals surface area contributed by atoms with E-state index in [0.29, 0.717) is 6.04 Å². The van der Waals surface area contributed by atoms with Gasteiger partial charge in [0.2, 0.25) is 0 Å². The first kappa shape index (κ1) is 14.9. The highest BCUT2D eigenvalue weighted by Gasteiger charge is 2.19. The minimum atomic E-state index is -0.0105. The molecule has 2 rings (SSSR count). The SMILES string of the molecule is Cc1cc(C)cc(OCC(=O)NC2CCC(C)CC2)c1. The fourth-order valence-electron chi connectivity index (χ4n) is 2.84. The van der Waals surface area contributed by atoms with Gasteiger partial charge in [-0.2, -0.15) is 0 Å². The summed E-state index contributed by atoms with van der Waals surface area (Å²) in [5.41, 5.74) is 2.31. The van der Waals surface area contributed by atoms with Gasteiger partial charge in [0.25, 0.3) is 5.91 Å². The van der Waals surface area contributed by atoms with Gasteiger partial charge >= 0.3 is 0 Å². The highest BCUT2D eigenvalue weighted by atomic mass is 16.5. The third-order valence-corrected chi connectivity index (χ3v) is 3.95. The maximum atomic E-state index is 11.9. The van der Waals surface area contributed by atoms with Crippen LogP contribution in [0.2, 0.25) is 0 Å². The van der Waals surface area contributed by atoms with Crippen molar-refractivity contribution in [3.05, 3.63) is 29.3 Å². The van der Waals surface area contributed by atoms with Gasteiger partial charge in [-0.05, 0) is 68.7 Å². The molecule has 1 fully saturated rings. The van der Waals surface area contributed by atoms with Crippen molar-refractivity contribution in [1.29, 1.82) is 0 Å². The minimum absolute atomic E-state index is 0.0105. The molecule has 1 aromatic rings. The summed E-state index contributed by atoms with van der Waals surface area (Å²) in [4.78, 5) is 11.9. The number of ether oxygens (including phenoxy) is 1. The van der Waals surface area contributed by atoms with E-state index in [1.54, 1.807) is 0 Å². The Balaban J connectivity index is 1.77. The van der Waals surface area contributed by atoms with Crippen molar-refractivity contribution in [3.8, 4) is 5.75 Å². The molecule has 1 aliphatic rings. The Morgan fingerprint density at radius 1 is 1.15 bits per heavy atom. The summed E-state index contributed by atoms with van der Waals surface area (Å²) < 4.78 is 5.58. The predicted octanol–water partition coefficient (Wildman–Crippen LogP) is 3.38. The molecule has 1 N–H and O–H groups in total. The van der Waals surface area contributed by atoms with Crippen LogP contribution in [0.5, 0.6) is 5.75 Å². The van der Waals surface area contributed by atoms with Crippen LogP contribution in [0.25, 0.3) is 0 Å². The van der Waals surface area contributed by atoms with Crippen molar-refractivity contribution in [2.75, 3.05) is 6.61 Å². The van der Waals surface area contributed by atoms with E-state index in [9.17, 15) is 4.79 Å². The van der Waals surface area contributed by atoms with E-state index < -0.39 is 0 Å². The first-order chi connectivity index (χ1) is 9.52. The first-order valence-corrected chi connectivity index (χ1v) is 7.53. The largest absolute Gasteiger partial charge is 0.484 e. The molecule has 0 heterocycles. The van der Waals surface area contributed by atoms with Crippen molar-refractivity contribution in [2.45, 2.75) is 52.5 Å². The van der Waals surface area contributed by atoms with Gasteiger partial charge in [-0.15, -0.1) is 0 Å². The Morgan fingerprint density at radius 3 is 2.35 bits per heavy atom. The molecule has 0 spiro atoms. The fraction of sp³-hybridized carbons (Fsp3) is 0.588. The van der Waals surface area contributed by atoms with Gasteiger partial charge in [0, 0.05) is 6.04 Å².